The molecule has 1 aromatic heterocycles. The van der Waals surface area contributed by atoms with Crippen molar-refractivity contribution in [3.63, 3.8) is 0 Å². The summed E-state index contributed by atoms with van der Waals surface area (Å²) in [6.07, 6.45) is 1.75. The minimum Gasteiger partial charge on any atom is -0.497 e. The van der Waals surface area contributed by atoms with Crippen LogP contribution in [-0.2, 0) is 0 Å². The van der Waals surface area contributed by atoms with Crippen molar-refractivity contribution in [2.75, 3.05) is 25.5 Å². The second-order valence-electron chi connectivity index (χ2n) is 5.89. The molecular formula is C20H25N3O3. The zero-order valence-electron chi connectivity index (χ0n) is 15.5. The topological polar surface area (TPSA) is 71.5 Å². The lowest BCUT2D eigenvalue weighted by Gasteiger charge is -2.21. The van der Waals surface area contributed by atoms with E-state index < -0.39 is 0 Å². The number of amides is 2. The minimum absolute atomic E-state index is 0.148. The molecule has 0 unspecified atom stereocenters. The van der Waals surface area contributed by atoms with Crippen molar-refractivity contribution in [3.05, 3.63) is 53.9 Å². The van der Waals surface area contributed by atoms with Gasteiger partial charge in [-0.05, 0) is 37.1 Å². The third kappa shape index (κ3) is 5.05. The molecule has 0 bridgehead atoms. The van der Waals surface area contributed by atoms with E-state index in [-0.39, 0.29) is 23.2 Å². The smallest absolute Gasteiger partial charge is 0.274 e. The van der Waals surface area contributed by atoms with Crippen LogP contribution in [0.2, 0.25) is 0 Å². The number of ether oxygens (including phenoxy) is 1. The first kappa shape index (κ1) is 19.4. The van der Waals surface area contributed by atoms with Crippen LogP contribution < -0.4 is 10.1 Å². The molecule has 0 radical (unpaired) electrons. The quantitative estimate of drug-likeness (QED) is 0.785. The molecule has 1 aromatic carbocycles. The lowest BCUT2D eigenvalue weighted by molar-refractivity contribution is 0.0749. The number of carbonyl (C=O) groups excluding carboxylic acids is 2. The molecule has 2 amide bonds. The molecule has 2 aromatic rings. The maximum Gasteiger partial charge on any atom is 0.274 e. The number of rotatable bonds is 8. The van der Waals surface area contributed by atoms with Gasteiger partial charge in [0.2, 0.25) is 0 Å². The summed E-state index contributed by atoms with van der Waals surface area (Å²) < 4.78 is 5.15. The fraction of sp³-hybridized carbons (Fsp3) is 0.350. The number of anilines is 1. The molecule has 6 nitrogen and oxygen atoms in total. The Kier molecular flexibility index (Phi) is 7.14. The highest BCUT2D eigenvalue weighted by Gasteiger charge is 2.17. The largest absolute Gasteiger partial charge is 0.497 e. The zero-order chi connectivity index (χ0) is 18.9. The molecule has 0 saturated heterocycles. The van der Waals surface area contributed by atoms with Crippen LogP contribution in [0.5, 0.6) is 5.75 Å². The number of methoxy groups -OCH3 is 1. The molecule has 1 heterocycles. The van der Waals surface area contributed by atoms with Crippen molar-refractivity contribution in [3.8, 4) is 5.75 Å². The first-order chi connectivity index (χ1) is 12.6. The standard InChI is InChI=1S/C20H25N3O3/c1-4-12-23(13-5-2)20(25)18-11-7-10-17(22-18)19(24)21-15-8-6-9-16(14-15)26-3/h6-11,14H,4-5,12-13H2,1-3H3,(H,21,24). The van der Waals surface area contributed by atoms with Gasteiger partial charge in [0.25, 0.3) is 11.8 Å². The SMILES string of the molecule is CCCN(CCC)C(=O)c1cccc(C(=O)Nc2cccc(OC)c2)n1. The predicted octanol–water partition coefficient (Wildman–Crippen LogP) is 3.60. The van der Waals surface area contributed by atoms with Crippen LogP contribution in [0.25, 0.3) is 0 Å². The second-order valence-corrected chi connectivity index (χ2v) is 5.89. The molecule has 1 N–H and O–H groups in total. The summed E-state index contributed by atoms with van der Waals surface area (Å²) in [6.45, 7) is 5.41. The number of aromatic nitrogens is 1. The van der Waals surface area contributed by atoms with Gasteiger partial charge in [-0.2, -0.15) is 0 Å². The lowest BCUT2D eigenvalue weighted by Crippen LogP contribution is -2.33. The monoisotopic (exact) mass is 355 g/mol. The van der Waals surface area contributed by atoms with Gasteiger partial charge in [0.05, 0.1) is 7.11 Å². The molecule has 0 fully saturated rings. The van der Waals surface area contributed by atoms with Gasteiger partial charge in [-0.1, -0.05) is 26.0 Å². The molecule has 0 aliphatic heterocycles. The average Bonchev–Trinajstić information content (AvgIpc) is 2.67. The van der Waals surface area contributed by atoms with Gasteiger partial charge in [0, 0.05) is 24.8 Å². The zero-order valence-corrected chi connectivity index (χ0v) is 15.5. The molecule has 6 heteroatoms. The fourth-order valence-corrected chi connectivity index (χ4v) is 2.59. The molecule has 26 heavy (non-hydrogen) atoms. The van der Waals surface area contributed by atoms with Gasteiger partial charge >= 0.3 is 0 Å². The maximum absolute atomic E-state index is 12.7. The second kappa shape index (κ2) is 9.56. The highest BCUT2D eigenvalue weighted by molar-refractivity contribution is 6.03. The highest BCUT2D eigenvalue weighted by Crippen LogP contribution is 2.17. The molecule has 0 saturated carbocycles. The van der Waals surface area contributed by atoms with Crippen LogP contribution in [0.3, 0.4) is 0 Å². The van der Waals surface area contributed by atoms with E-state index in [0.717, 1.165) is 12.8 Å². The normalized spacial score (nSPS) is 10.3. The fourth-order valence-electron chi connectivity index (χ4n) is 2.59. The van der Waals surface area contributed by atoms with Gasteiger partial charge in [-0.25, -0.2) is 4.98 Å². The molecule has 0 spiro atoms. The van der Waals surface area contributed by atoms with E-state index in [9.17, 15) is 9.59 Å². The number of hydrogen-bond donors (Lipinski definition) is 1. The van der Waals surface area contributed by atoms with Gasteiger partial charge in [-0.15, -0.1) is 0 Å². The summed E-state index contributed by atoms with van der Waals surface area (Å²) in [7, 11) is 1.57. The van der Waals surface area contributed by atoms with Crippen LogP contribution >= 0.6 is 0 Å². The summed E-state index contributed by atoms with van der Waals surface area (Å²) in [6, 6.07) is 12.0. The summed E-state index contributed by atoms with van der Waals surface area (Å²) in [5, 5.41) is 2.77. The van der Waals surface area contributed by atoms with E-state index in [1.165, 1.54) is 0 Å². The Hall–Kier alpha value is -2.89. The summed E-state index contributed by atoms with van der Waals surface area (Å²) in [5.41, 5.74) is 1.09. The Morgan fingerprint density at radius 3 is 2.35 bits per heavy atom. The van der Waals surface area contributed by atoms with Gasteiger partial charge in [-0.3, -0.25) is 9.59 Å². The van der Waals surface area contributed by atoms with Crippen LogP contribution in [0.15, 0.2) is 42.5 Å². The van der Waals surface area contributed by atoms with Crippen molar-refractivity contribution in [2.45, 2.75) is 26.7 Å². The van der Waals surface area contributed by atoms with E-state index >= 15 is 0 Å². The van der Waals surface area contributed by atoms with Crippen LogP contribution in [-0.4, -0.2) is 41.9 Å². The molecule has 0 aliphatic rings. The van der Waals surface area contributed by atoms with Crippen molar-refractivity contribution in [2.24, 2.45) is 0 Å². The Bertz CT molecular complexity index is 755. The number of hydrogen-bond acceptors (Lipinski definition) is 4. The highest BCUT2D eigenvalue weighted by atomic mass is 16.5. The first-order valence-electron chi connectivity index (χ1n) is 8.80. The van der Waals surface area contributed by atoms with Crippen LogP contribution in [0.1, 0.15) is 47.7 Å². The molecule has 0 aliphatic carbocycles. The number of pyridine rings is 1. The van der Waals surface area contributed by atoms with Crippen molar-refractivity contribution in [1.82, 2.24) is 9.88 Å². The van der Waals surface area contributed by atoms with E-state index in [2.05, 4.69) is 10.3 Å². The van der Waals surface area contributed by atoms with Gasteiger partial charge in [0.1, 0.15) is 17.1 Å². The van der Waals surface area contributed by atoms with Crippen molar-refractivity contribution < 1.29 is 14.3 Å². The summed E-state index contributed by atoms with van der Waals surface area (Å²) in [5.74, 6) is 0.129. The Morgan fingerprint density at radius 2 is 1.69 bits per heavy atom. The first-order valence-corrected chi connectivity index (χ1v) is 8.80. The number of nitrogens with zero attached hydrogens (tertiary/aromatic N) is 2. The number of benzene rings is 1. The van der Waals surface area contributed by atoms with E-state index in [1.807, 2.05) is 13.8 Å². The Labute approximate surface area is 154 Å². The Morgan fingerprint density at radius 1 is 1.04 bits per heavy atom. The lowest BCUT2D eigenvalue weighted by atomic mass is 10.2. The molecule has 138 valence electrons. The molecule has 0 atom stereocenters. The van der Waals surface area contributed by atoms with Crippen LogP contribution in [0.4, 0.5) is 5.69 Å². The third-order valence-electron chi connectivity index (χ3n) is 3.80. The molecule has 2 rings (SSSR count). The van der Waals surface area contributed by atoms with Gasteiger partial charge < -0.3 is 15.0 Å². The summed E-state index contributed by atoms with van der Waals surface area (Å²) >= 11 is 0. The Balaban J connectivity index is 2.16. The van der Waals surface area contributed by atoms with Crippen LogP contribution in [0, 0.1) is 0 Å². The maximum atomic E-state index is 12.7. The average molecular weight is 355 g/mol. The summed E-state index contributed by atoms with van der Waals surface area (Å²) in [4.78, 5) is 31.2. The molecular weight excluding hydrogens is 330 g/mol. The van der Waals surface area contributed by atoms with E-state index in [1.54, 1.807) is 54.5 Å². The van der Waals surface area contributed by atoms with E-state index in [4.69, 9.17) is 4.74 Å². The number of carbonyl (C=O) groups is 2. The van der Waals surface area contributed by atoms with Crippen molar-refractivity contribution in [1.29, 1.82) is 0 Å². The number of nitrogens with one attached hydrogen (secondary N) is 1. The minimum atomic E-state index is -0.370. The van der Waals surface area contributed by atoms with Crippen molar-refractivity contribution >= 4 is 17.5 Å². The predicted molar refractivity (Wildman–Crippen MR) is 102 cm³/mol. The van der Waals surface area contributed by atoms with E-state index in [0.29, 0.717) is 24.5 Å². The third-order valence-corrected chi connectivity index (χ3v) is 3.80. The van der Waals surface area contributed by atoms with Gasteiger partial charge in [0.15, 0.2) is 0 Å².